The van der Waals surface area contributed by atoms with Gasteiger partial charge in [-0.3, -0.25) is 0 Å². The number of aromatic amines is 1. The number of rotatable bonds is 4. The average Bonchev–Trinajstić information content (AvgIpc) is 2.01. The van der Waals surface area contributed by atoms with Crippen molar-refractivity contribution in [3.8, 4) is 0 Å². The molecule has 0 unspecified atom stereocenters. The molecule has 0 amide bonds. The van der Waals surface area contributed by atoms with Gasteiger partial charge in [0.15, 0.2) is 0 Å². The Labute approximate surface area is 90.0 Å². The summed E-state index contributed by atoms with van der Waals surface area (Å²) in [4.78, 5) is 7.50. The highest BCUT2D eigenvalue weighted by Gasteiger charge is 2.01. The first kappa shape index (κ1) is 11.2. The molecule has 14 heavy (non-hydrogen) atoms. The lowest BCUT2D eigenvalue weighted by Crippen LogP contribution is -2.05. The van der Waals surface area contributed by atoms with Crippen molar-refractivity contribution in [2.75, 3.05) is 11.9 Å². The third kappa shape index (κ3) is 3.46. The van der Waals surface area contributed by atoms with Crippen LogP contribution in [0.25, 0.3) is 0 Å². The van der Waals surface area contributed by atoms with E-state index in [4.69, 9.17) is 12.2 Å². The summed E-state index contributed by atoms with van der Waals surface area (Å²) in [5.74, 6) is 2.51. The van der Waals surface area contributed by atoms with Crippen LogP contribution >= 0.6 is 12.2 Å². The Balaban J connectivity index is 2.89. The van der Waals surface area contributed by atoms with Gasteiger partial charge in [-0.2, -0.15) is 0 Å². The van der Waals surface area contributed by atoms with Crippen molar-refractivity contribution >= 4 is 18.0 Å². The fraction of sp³-hybridized carbons (Fsp3) is 0.600. The molecule has 4 heteroatoms. The van der Waals surface area contributed by atoms with Crippen LogP contribution in [0, 0.1) is 10.6 Å². The van der Waals surface area contributed by atoms with Crippen LogP contribution in [0.2, 0.25) is 0 Å². The summed E-state index contributed by atoms with van der Waals surface area (Å²) >= 11 is 5.08. The second-order valence-corrected chi connectivity index (χ2v) is 4.13. The van der Waals surface area contributed by atoms with Crippen LogP contribution < -0.4 is 5.32 Å². The summed E-state index contributed by atoms with van der Waals surface area (Å²) in [5, 5.41) is 3.20. The predicted molar refractivity (Wildman–Crippen MR) is 62.1 cm³/mol. The molecule has 0 saturated heterocycles. The van der Waals surface area contributed by atoms with E-state index < -0.39 is 0 Å². The van der Waals surface area contributed by atoms with Crippen molar-refractivity contribution in [2.24, 2.45) is 5.92 Å². The number of nitrogens with zero attached hydrogens (tertiary/aromatic N) is 1. The van der Waals surface area contributed by atoms with E-state index in [9.17, 15) is 0 Å². The fourth-order valence-corrected chi connectivity index (χ4v) is 1.51. The van der Waals surface area contributed by atoms with Crippen molar-refractivity contribution in [2.45, 2.75) is 27.2 Å². The molecular formula is C10H17N3S. The molecule has 0 aromatic carbocycles. The van der Waals surface area contributed by atoms with E-state index in [1.807, 2.05) is 6.07 Å². The first-order chi connectivity index (χ1) is 6.61. The van der Waals surface area contributed by atoms with Gasteiger partial charge in [-0.25, -0.2) is 4.98 Å². The van der Waals surface area contributed by atoms with Gasteiger partial charge in [0.1, 0.15) is 16.3 Å². The molecule has 0 fully saturated rings. The monoisotopic (exact) mass is 211 g/mol. The summed E-state index contributed by atoms with van der Waals surface area (Å²) in [6.45, 7) is 7.27. The van der Waals surface area contributed by atoms with Crippen LogP contribution in [0.3, 0.4) is 0 Å². The molecule has 1 heterocycles. The van der Waals surface area contributed by atoms with Crippen molar-refractivity contribution in [1.29, 1.82) is 0 Å². The van der Waals surface area contributed by atoms with Crippen LogP contribution in [0.1, 0.15) is 26.6 Å². The number of aromatic nitrogens is 2. The van der Waals surface area contributed by atoms with Crippen molar-refractivity contribution in [1.82, 2.24) is 9.97 Å². The standard InChI is InChI=1S/C10H17N3S/c1-4-11-8-6-10(14)13-9(12-8)5-7(2)3/h6-7H,4-5H2,1-3H3,(H2,11,12,13,14). The largest absolute Gasteiger partial charge is 0.372 e. The maximum absolute atomic E-state index is 5.08. The zero-order valence-electron chi connectivity index (χ0n) is 8.92. The smallest absolute Gasteiger partial charge is 0.131 e. The molecule has 0 spiro atoms. The molecule has 1 rings (SSSR count). The first-order valence-electron chi connectivity index (χ1n) is 4.96. The van der Waals surface area contributed by atoms with Gasteiger partial charge in [0, 0.05) is 19.0 Å². The normalized spacial score (nSPS) is 10.6. The summed E-state index contributed by atoms with van der Waals surface area (Å²) in [6, 6.07) is 1.85. The molecule has 0 radical (unpaired) electrons. The second-order valence-electron chi connectivity index (χ2n) is 3.71. The number of hydrogen-bond acceptors (Lipinski definition) is 3. The minimum absolute atomic E-state index is 0.588. The highest BCUT2D eigenvalue weighted by Crippen LogP contribution is 2.07. The van der Waals surface area contributed by atoms with Gasteiger partial charge in [-0.15, -0.1) is 0 Å². The second kappa shape index (κ2) is 5.10. The molecule has 0 bridgehead atoms. The summed E-state index contributed by atoms with van der Waals surface area (Å²) < 4.78 is 0.648. The molecule has 0 aliphatic rings. The minimum atomic E-state index is 0.588. The molecule has 0 aliphatic heterocycles. The SMILES string of the molecule is CCNc1cc(=S)nc(CC(C)C)[nH]1. The minimum Gasteiger partial charge on any atom is -0.372 e. The third-order valence-electron chi connectivity index (χ3n) is 1.76. The van der Waals surface area contributed by atoms with Gasteiger partial charge in [-0.1, -0.05) is 26.1 Å². The third-order valence-corrected chi connectivity index (χ3v) is 1.97. The quantitative estimate of drug-likeness (QED) is 0.752. The Morgan fingerprint density at radius 2 is 2.29 bits per heavy atom. The Kier molecular flexibility index (Phi) is 4.07. The molecule has 1 aromatic rings. The number of H-pyrrole nitrogens is 1. The van der Waals surface area contributed by atoms with E-state index in [0.717, 1.165) is 24.6 Å². The van der Waals surface area contributed by atoms with E-state index in [0.29, 0.717) is 10.6 Å². The van der Waals surface area contributed by atoms with E-state index in [2.05, 4.69) is 36.1 Å². The van der Waals surface area contributed by atoms with Crippen LogP contribution in [0.5, 0.6) is 0 Å². The lowest BCUT2D eigenvalue weighted by atomic mass is 10.1. The van der Waals surface area contributed by atoms with Gasteiger partial charge >= 0.3 is 0 Å². The van der Waals surface area contributed by atoms with E-state index in [1.54, 1.807) is 0 Å². The molecule has 3 nitrogen and oxygen atoms in total. The Bertz CT molecular complexity index is 343. The Morgan fingerprint density at radius 3 is 2.86 bits per heavy atom. The van der Waals surface area contributed by atoms with Crippen LogP contribution in [0.4, 0.5) is 5.82 Å². The molecule has 1 aromatic heterocycles. The van der Waals surface area contributed by atoms with Crippen LogP contribution in [0.15, 0.2) is 6.07 Å². The molecule has 78 valence electrons. The van der Waals surface area contributed by atoms with E-state index in [-0.39, 0.29) is 0 Å². The molecule has 0 atom stereocenters. The van der Waals surface area contributed by atoms with Gasteiger partial charge in [0.25, 0.3) is 0 Å². The highest BCUT2D eigenvalue weighted by molar-refractivity contribution is 7.71. The summed E-state index contributed by atoms with van der Waals surface area (Å²) in [6.07, 6.45) is 0.933. The fourth-order valence-electron chi connectivity index (χ4n) is 1.28. The van der Waals surface area contributed by atoms with Crippen LogP contribution in [-0.4, -0.2) is 16.5 Å². The lowest BCUT2D eigenvalue weighted by molar-refractivity contribution is 0.620. The number of hydrogen-bond donors (Lipinski definition) is 2. The van der Waals surface area contributed by atoms with Crippen molar-refractivity contribution in [3.63, 3.8) is 0 Å². The van der Waals surface area contributed by atoms with Gasteiger partial charge in [0.2, 0.25) is 0 Å². The van der Waals surface area contributed by atoms with Crippen molar-refractivity contribution in [3.05, 3.63) is 16.5 Å². The average molecular weight is 211 g/mol. The number of nitrogens with one attached hydrogen (secondary N) is 2. The Morgan fingerprint density at radius 1 is 1.57 bits per heavy atom. The zero-order chi connectivity index (χ0) is 10.6. The summed E-state index contributed by atoms with van der Waals surface area (Å²) in [5.41, 5.74) is 0. The highest BCUT2D eigenvalue weighted by atomic mass is 32.1. The zero-order valence-corrected chi connectivity index (χ0v) is 9.74. The van der Waals surface area contributed by atoms with Gasteiger partial charge in [0.05, 0.1) is 0 Å². The van der Waals surface area contributed by atoms with E-state index in [1.165, 1.54) is 0 Å². The molecule has 2 N–H and O–H groups in total. The molecule has 0 aliphatic carbocycles. The van der Waals surface area contributed by atoms with Gasteiger partial charge < -0.3 is 10.3 Å². The Hall–Kier alpha value is -0.900. The summed E-state index contributed by atoms with van der Waals surface area (Å²) in [7, 11) is 0. The maximum Gasteiger partial charge on any atom is 0.131 e. The van der Waals surface area contributed by atoms with Gasteiger partial charge in [-0.05, 0) is 12.8 Å². The van der Waals surface area contributed by atoms with Crippen molar-refractivity contribution < 1.29 is 0 Å². The number of anilines is 1. The molecule has 0 saturated carbocycles. The first-order valence-corrected chi connectivity index (χ1v) is 5.36. The molecular weight excluding hydrogens is 194 g/mol. The maximum atomic E-state index is 5.08. The van der Waals surface area contributed by atoms with Crippen LogP contribution in [-0.2, 0) is 6.42 Å². The van der Waals surface area contributed by atoms with E-state index >= 15 is 0 Å². The lowest BCUT2D eigenvalue weighted by Gasteiger charge is -2.08. The topological polar surface area (TPSA) is 40.7 Å². The predicted octanol–water partition coefficient (Wildman–Crippen LogP) is 2.77.